The number of rotatable bonds is 4. The third kappa shape index (κ3) is 3.43. The molecule has 2 aromatic heterocycles. The van der Waals surface area contributed by atoms with E-state index in [1.54, 1.807) is 24.4 Å². The Bertz CT molecular complexity index is 869. The quantitative estimate of drug-likeness (QED) is 0.759. The highest BCUT2D eigenvalue weighted by atomic mass is 16.5. The zero-order chi connectivity index (χ0) is 17.1. The van der Waals surface area contributed by atoms with Crippen LogP contribution in [0.2, 0.25) is 0 Å². The summed E-state index contributed by atoms with van der Waals surface area (Å²) >= 11 is 0. The minimum atomic E-state index is -0.243. The number of amides is 1. The largest absolute Gasteiger partial charge is 0.360 e. The average molecular weight is 322 g/mol. The Kier molecular flexibility index (Phi) is 4.29. The predicted octanol–water partition coefficient (Wildman–Crippen LogP) is 3.99. The molecule has 3 rings (SSSR count). The summed E-state index contributed by atoms with van der Waals surface area (Å²) in [6.45, 7) is 5.80. The van der Waals surface area contributed by atoms with E-state index in [0.29, 0.717) is 11.5 Å². The standard InChI is InChI=1S/C18H18N4O2/c1-11-5-4-6-15(13(11)3)21-18(23)16-8-7-14(10-19-16)20-17-9-12(2)24-22-17/h4-10H,1-3H3,(H,20,22)(H,21,23). The van der Waals surface area contributed by atoms with Crippen LogP contribution >= 0.6 is 0 Å². The Labute approximate surface area is 139 Å². The van der Waals surface area contributed by atoms with Crippen LogP contribution in [-0.4, -0.2) is 16.0 Å². The highest BCUT2D eigenvalue weighted by molar-refractivity contribution is 6.03. The molecule has 1 aromatic carbocycles. The summed E-state index contributed by atoms with van der Waals surface area (Å²) in [4.78, 5) is 16.5. The number of anilines is 3. The molecular formula is C18H18N4O2. The number of hydrogen-bond acceptors (Lipinski definition) is 5. The van der Waals surface area contributed by atoms with Crippen molar-refractivity contribution in [2.45, 2.75) is 20.8 Å². The molecular weight excluding hydrogens is 304 g/mol. The first kappa shape index (κ1) is 15.7. The van der Waals surface area contributed by atoms with Crippen LogP contribution in [0.25, 0.3) is 0 Å². The monoisotopic (exact) mass is 322 g/mol. The zero-order valence-electron chi connectivity index (χ0n) is 13.8. The van der Waals surface area contributed by atoms with Gasteiger partial charge in [-0.1, -0.05) is 17.3 Å². The number of aromatic nitrogens is 2. The van der Waals surface area contributed by atoms with Crippen LogP contribution in [0, 0.1) is 20.8 Å². The third-order valence-corrected chi connectivity index (χ3v) is 3.75. The summed E-state index contributed by atoms with van der Waals surface area (Å²) in [5, 5.41) is 9.80. The summed E-state index contributed by atoms with van der Waals surface area (Å²) in [5.41, 5.74) is 4.04. The van der Waals surface area contributed by atoms with E-state index in [1.165, 1.54) is 0 Å². The lowest BCUT2D eigenvalue weighted by Crippen LogP contribution is -2.14. The van der Waals surface area contributed by atoms with Crippen molar-refractivity contribution >= 4 is 23.1 Å². The molecule has 0 aliphatic heterocycles. The van der Waals surface area contributed by atoms with Crippen LogP contribution in [0.1, 0.15) is 27.4 Å². The first-order valence-electron chi connectivity index (χ1n) is 7.57. The maximum absolute atomic E-state index is 12.3. The molecule has 6 heteroatoms. The number of carbonyl (C=O) groups is 1. The predicted molar refractivity (Wildman–Crippen MR) is 92.6 cm³/mol. The highest BCUT2D eigenvalue weighted by Gasteiger charge is 2.10. The van der Waals surface area contributed by atoms with Crippen molar-refractivity contribution in [2.75, 3.05) is 10.6 Å². The van der Waals surface area contributed by atoms with E-state index >= 15 is 0 Å². The SMILES string of the molecule is Cc1cc(Nc2ccc(C(=O)Nc3cccc(C)c3C)nc2)no1. The molecule has 2 N–H and O–H groups in total. The Hall–Kier alpha value is -3.15. The van der Waals surface area contributed by atoms with Gasteiger partial charge in [0.05, 0.1) is 11.9 Å². The maximum Gasteiger partial charge on any atom is 0.274 e. The molecule has 6 nitrogen and oxygen atoms in total. The van der Waals surface area contributed by atoms with E-state index in [2.05, 4.69) is 20.8 Å². The van der Waals surface area contributed by atoms with Crippen molar-refractivity contribution in [3.05, 3.63) is 65.2 Å². The molecule has 2 heterocycles. The number of nitrogens with one attached hydrogen (secondary N) is 2. The van der Waals surface area contributed by atoms with E-state index in [9.17, 15) is 4.79 Å². The highest BCUT2D eigenvalue weighted by Crippen LogP contribution is 2.19. The molecule has 0 unspecified atom stereocenters. The summed E-state index contributed by atoms with van der Waals surface area (Å²) < 4.78 is 4.99. The summed E-state index contributed by atoms with van der Waals surface area (Å²) in [6.07, 6.45) is 1.59. The van der Waals surface area contributed by atoms with Crippen molar-refractivity contribution < 1.29 is 9.32 Å². The minimum Gasteiger partial charge on any atom is -0.360 e. The number of benzene rings is 1. The van der Waals surface area contributed by atoms with Gasteiger partial charge in [0.15, 0.2) is 5.82 Å². The van der Waals surface area contributed by atoms with Crippen LogP contribution in [0.3, 0.4) is 0 Å². The Morgan fingerprint density at radius 1 is 1.12 bits per heavy atom. The van der Waals surface area contributed by atoms with Crippen molar-refractivity contribution in [1.29, 1.82) is 0 Å². The zero-order valence-corrected chi connectivity index (χ0v) is 13.8. The number of hydrogen-bond donors (Lipinski definition) is 2. The Balaban J connectivity index is 1.70. The molecule has 0 bridgehead atoms. The van der Waals surface area contributed by atoms with E-state index in [4.69, 9.17) is 4.52 Å². The summed E-state index contributed by atoms with van der Waals surface area (Å²) in [7, 11) is 0. The summed E-state index contributed by atoms with van der Waals surface area (Å²) in [6, 6.07) is 11.0. The van der Waals surface area contributed by atoms with Gasteiger partial charge in [0.1, 0.15) is 11.5 Å². The fraction of sp³-hybridized carbons (Fsp3) is 0.167. The molecule has 0 fully saturated rings. The van der Waals surface area contributed by atoms with Crippen molar-refractivity contribution in [3.8, 4) is 0 Å². The van der Waals surface area contributed by atoms with Gasteiger partial charge in [-0.15, -0.1) is 0 Å². The fourth-order valence-corrected chi connectivity index (χ4v) is 2.25. The van der Waals surface area contributed by atoms with Gasteiger partial charge in [0.2, 0.25) is 0 Å². The molecule has 0 aliphatic rings. The average Bonchev–Trinajstić information content (AvgIpc) is 2.97. The van der Waals surface area contributed by atoms with Crippen LogP contribution in [0.4, 0.5) is 17.2 Å². The van der Waals surface area contributed by atoms with E-state index in [0.717, 1.165) is 28.3 Å². The smallest absolute Gasteiger partial charge is 0.274 e. The molecule has 0 saturated heterocycles. The molecule has 1 amide bonds. The van der Waals surface area contributed by atoms with Crippen molar-refractivity contribution in [3.63, 3.8) is 0 Å². The van der Waals surface area contributed by atoms with Gasteiger partial charge in [-0.05, 0) is 50.1 Å². The molecule has 0 spiro atoms. The molecule has 0 atom stereocenters. The molecule has 24 heavy (non-hydrogen) atoms. The van der Waals surface area contributed by atoms with E-state index < -0.39 is 0 Å². The van der Waals surface area contributed by atoms with Gasteiger partial charge in [-0.3, -0.25) is 4.79 Å². The second-order valence-electron chi connectivity index (χ2n) is 5.58. The van der Waals surface area contributed by atoms with Crippen molar-refractivity contribution in [1.82, 2.24) is 10.1 Å². The Morgan fingerprint density at radius 3 is 2.62 bits per heavy atom. The van der Waals surface area contributed by atoms with Gasteiger partial charge >= 0.3 is 0 Å². The van der Waals surface area contributed by atoms with Gasteiger partial charge in [0, 0.05) is 11.8 Å². The second-order valence-corrected chi connectivity index (χ2v) is 5.58. The number of aryl methyl sites for hydroxylation is 2. The van der Waals surface area contributed by atoms with Crippen molar-refractivity contribution in [2.24, 2.45) is 0 Å². The van der Waals surface area contributed by atoms with Gasteiger partial charge in [0.25, 0.3) is 5.91 Å². The van der Waals surface area contributed by atoms with Crippen LogP contribution in [0.5, 0.6) is 0 Å². The van der Waals surface area contributed by atoms with Crippen LogP contribution in [0.15, 0.2) is 47.1 Å². The van der Waals surface area contributed by atoms with Gasteiger partial charge in [-0.25, -0.2) is 4.98 Å². The van der Waals surface area contributed by atoms with Crippen LogP contribution in [-0.2, 0) is 0 Å². The molecule has 0 saturated carbocycles. The maximum atomic E-state index is 12.3. The number of pyridine rings is 1. The third-order valence-electron chi connectivity index (χ3n) is 3.75. The summed E-state index contributed by atoms with van der Waals surface area (Å²) in [5.74, 6) is 1.07. The number of carbonyl (C=O) groups excluding carboxylic acids is 1. The molecule has 0 aliphatic carbocycles. The van der Waals surface area contributed by atoms with Gasteiger partial charge in [-0.2, -0.15) is 0 Å². The molecule has 122 valence electrons. The fourth-order valence-electron chi connectivity index (χ4n) is 2.25. The number of nitrogens with zero attached hydrogens (tertiary/aromatic N) is 2. The first-order valence-corrected chi connectivity index (χ1v) is 7.57. The molecule has 3 aromatic rings. The minimum absolute atomic E-state index is 0.243. The Morgan fingerprint density at radius 2 is 1.96 bits per heavy atom. The first-order chi connectivity index (χ1) is 11.5. The second kappa shape index (κ2) is 6.54. The van der Waals surface area contributed by atoms with E-state index in [1.807, 2.05) is 39.0 Å². The van der Waals surface area contributed by atoms with Crippen LogP contribution < -0.4 is 10.6 Å². The van der Waals surface area contributed by atoms with Gasteiger partial charge < -0.3 is 15.2 Å². The topological polar surface area (TPSA) is 80.0 Å². The lowest BCUT2D eigenvalue weighted by atomic mass is 10.1. The lowest BCUT2D eigenvalue weighted by Gasteiger charge is -2.10. The normalized spacial score (nSPS) is 10.5. The van der Waals surface area contributed by atoms with E-state index in [-0.39, 0.29) is 5.91 Å². The molecule has 0 radical (unpaired) electrons. The lowest BCUT2D eigenvalue weighted by molar-refractivity contribution is 0.102.